The Hall–Kier alpha value is -2.80. The zero-order valence-electron chi connectivity index (χ0n) is 14.7. The van der Waals surface area contributed by atoms with Crippen LogP contribution in [-0.4, -0.2) is 33.0 Å². The molecule has 0 spiro atoms. The molecule has 1 amide bonds. The van der Waals surface area contributed by atoms with Crippen molar-refractivity contribution in [3.05, 3.63) is 61.4 Å². The maximum Gasteiger partial charge on any atom is 0.240 e. The molecule has 0 aliphatic heterocycles. The Bertz CT molecular complexity index is 874. The number of benzene rings is 1. The lowest BCUT2D eigenvalue weighted by atomic mass is 10.3. The normalized spacial score (nSPS) is 11.9. The summed E-state index contributed by atoms with van der Waals surface area (Å²) in [5, 5.41) is 8.79. The summed E-state index contributed by atoms with van der Waals surface area (Å²) in [5.74, 6) is 1.24. The molecule has 7 heteroatoms. The molecule has 3 rings (SSSR count). The second-order valence-corrected chi connectivity index (χ2v) is 6.98. The molecule has 0 saturated carbocycles. The predicted octanol–water partition coefficient (Wildman–Crippen LogP) is 3.87. The van der Waals surface area contributed by atoms with Gasteiger partial charge in [-0.2, -0.15) is 0 Å². The van der Waals surface area contributed by atoms with E-state index in [4.69, 9.17) is 4.42 Å². The third kappa shape index (κ3) is 3.72. The van der Waals surface area contributed by atoms with Gasteiger partial charge in [-0.3, -0.25) is 9.36 Å². The monoisotopic (exact) mass is 368 g/mol. The number of carbonyl (C=O) groups excluding carboxylic acids is 1. The molecule has 1 aromatic carbocycles. The Morgan fingerprint density at radius 3 is 2.73 bits per heavy atom. The average molecular weight is 368 g/mol. The third-order valence-corrected chi connectivity index (χ3v) is 4.94. The van der Waals surface area contributed by atoms with Crippen LogP contribution >= 0.6 is 11.8 Å². The molecule has 0 aliphatic carbocycles. The SMILES string of the molecule is C=CCn1c(SC(C)C(=O)N(C)c2ccccc2)nnc1-c1ccco1. The van der Waals surface area contributed by atoms with E-state index >= 15 is 0 Å². The van der Waals surface area contributed by atoms with Crippen molar-refractivity contribution in [3.8, 4) is 11.6 Å². The first kappa shape index (κ1) is 18.0. The Morgan fingerprint density at radius 2 is 2.08 bits per heavy atom. The molecule has 1 atom stereocenters. The van der Waals surface area contributed by atoms with E-state index in [1.807, 2.05) is 47.9 Å². The Labute approximate surface area is 156 Å². The van der Waals surface area contributed by atoms with Gasteiger partial charge in [0.25, 0.3) is 0 Å². The number of carbonyl (C=O) groups is 1. The van der Waals surface area contributed by atoms with Gasteiger partial charge in [-0.05, 0) is 31.2 Å². The van der Waals surface area contributed by atoms with Gasteiger partial charge in [-0.25, -0.2) is 0 Å². The molecule has 2 heterocycles. The number of hydrogen-bond acceptors (Lipinski definition) is 5. The summed E-state index contributed by atoms with van der Waals surface area (Å²) in [6.07, 6.45) is 3.36. The zero-order chi connectivity index (χ0) is 18.5. The molecule has 3 aromatic rings. The van der Waals surface area contributed by atoms with Gasteiger partial charge >= 0.3 is 0 Å². The molecule has 26 heavy (non-hydrogen) atoms. The first-order chi connectivity index (χ1) is 12.6. The topological polar surface area (TPSA) is 64.2 Å². The molecule has 2 aromatic heterocycles. The highest BCUT2D eigenvalue weighted by Gasteiger charge is 2.24. The number of nitrogens with zero attached hydrogens (tertiary/aromatic N) is 4. The van der Waals surface area contributed by atoms with E-state index in [1.54, 1.807) is 30.4 Å². The van der Waals surface area contributed by atoms with Gasteiger partial charge in [0, 0.05) is 19.3 Å². The van der Waals surface area contributed by atoms with Gasteiger partial charge in [0.05, 0.1) is 11.5 Å². The molecule has 0 fully saturated rings. The highest BCUT2D eigenvalue weighted by atomic mass is 32.2. The van der Waals surface area contributed by atoms with Crippen molar-refractivity contribution in [1.29, 1.82) is 0 Å². The number of aromatic nitrogens is 3. The molecule has 6 nitrogen and oxygen atoms in total. The van der Waals surface area contributed by atoms with Crippen molar-refractivity contribution in [2.75, 3.05) is 11.9 Å². The van der Waals surface area contributed by atoms with Gasteiger partial charge in [-0.1, -0.05) is 36.0 Å². The number of furan rings is 1. The van der Waals surface area contributed by atoms with E-state index in [0.29, 0.717) is 23.3 Å². The van der Waals surface area contributed by atoms with E-state index in [0.717, 1.165) is 5.69 Å². The number of amides is 1. The maximum atomic E-state index is 12.8. The lowest BCUT2D eigenvalue weighted by Crippen LogP contribution is -2.33. The minimum Gasteiger partial charge on any atom is -0.461 e. The molecule has 134 valence electrons. The van der Waals surface area contributed by atoms with Crippen LogP contribution < -0.4 is 4.90 Å². The zero-order valence-corrected chi connectivity index (χ0v) is 15.5. The summed E-state index contributed by atoms with van der Waals surface area (Å²) >= 11 is 1.37. The molecule has 0 radical (unpaired) electrons. The van der Waals surface area contributed by atoms with Gasteiger partial charge in [-0.15, -0.1) is 16.8 Å². The lowest BCUT2D eigenvalue weighted by molar-refractivity contribution is -0.117. The highest BCUT2D eigenvalue weighted by Crippen LogP contribution is 2.28. The first-order valence-electron chi connectivity index (χ1n) is 8.19. The van der Waals surface area contributed by atoms with Gasteiger partial charge in [0.2, 0.25) is 11.7 Å². The minimum atomic E-state index is -0.322. The van der Waals surface area contributed by atoms with Crippen molar-refractivity contribution in [2.24, 2.45) is 0 Å². The van der Waals surface area contributed by atoms with Crippen molar-refractivity contribution in [2.45, 2.75) is 23.9 Å². The number of thioether (sulfide) groups is 1. The molecule has 0 saturated heterocycles. The van der Waals surface area contributed by atoms with Crippen LogP contribution in [0.2, 0.25) is 0 Å². The second-order valence-electron chi connectivity index (χ2n) is 5.68. The fraction of sp³-hybridized carbons (Fsp3) is 0.211. The van der Waals surface area contributed by atoms with Crippen LogP contribution in [0.4, 0.5) is 5.69 Å². The van der Waals surface area contributed by atoms with Gasteiger partial charge in [0.1, 0.15) is 0 Å². The van der Waals surface area contributed by atoms with E-state index < -0.39 is 0 Å². The summed E-state index contributed by atoms with van der Waals surface area (Å²) < 4.78 is 7.32. The van der Waals surface area contributed by atoms with Crippen molar-refractivity contribution in [3.63, 3.8) is 0 Å². The Morgan fingerprint density at radius 1 is 1.31 bits per heavy atom. The number of rotatable bonds is 7. The summed E-state index contributed by atoms with van der Waals surface area (Å²) in [4.78, 5) is 14.4. The molecular formula is C19H20N4O2S. The van der Waals surface area contributed by atoms with Crippen molar-refractivity contribution < 1.29 is 9.21 Å². The van der Waals surface area contributed by atoms with E-state index in [9.17, 15) is 4.79 Å². The fourth-order valence-electron chi connectivity index (χ4n) is 2.52. The Balaban J connectivity index is 1.80. The molecule has 0 bridgehead atoms. The van der Waals surface area contributed by atoms with E-state index in [2.05, 4.69) is 16.8 Å². The molecule has 0 N–H and O–H groups in total. The summed E-state index contributed by atoms with van der Waals surface area (Å²) in [6, 6.07) is 13.2. The molecular weight excluding hydrogens is 348 g/mol. The van der Waals surface area contributed by atoms with Crippen molar-refractivity contribution >= 4 is 23.4 Å². The van der Waals surface area contributed by atoms with Crippen LogP contribution in [0.5, 0.6) is 0 Å². The standard InChI is InChI=1S/C19H20N4O2S/c1-4-12-23-17(16-11-8-13-25-16)20-21-19(23)26-14(2)18(24)22(3)15-9-6-5-7-10-15/h4-11,13-14H,1,12H2,2-3H3. The van der Waals surface area contributed by atoms with Crippen LogP contribution in [-0.2, 0) is 11.3 Å². The molecule has 0 aliphatic rings. The van der Waals surface area contributed by atoms with Gasteiger partial charge in [0.15, 0.2) is 10.9 Å². The average Bonchev–Trinajstić information content (AvgIpc) is 3.32. The second kappa shape index (κ2) is 8.05. The molecule has 1 unspecified atom stereocenters. The summed E-state index contributed by atoms with van der Waals surface area (Å²) in [6.45, 7) is 6.19. The smallest absolute Gasteiger partial charge is 0.240 e. The van der Waals surface area contributed by atoms with E-state index in [-0.39, 0.29) is 11.2 Å². The van der Waals surface area contributed by atoms with Crippen LogP contribution in [0.3, 0.4) is 0 Å². The minimum absolute atomic E-state index is 0.00565. The van der Waals surface area contributed by atoms with Crippen LogP contribution in [0.1, 0.15) is 6.92 Å². The predicted molar refractivity (Wildman–Crippen MR) is 103 cm³/mol. The number of hydrogen-bond donors (Lipinski definition) is 0. The Kier molecular flexibility index (Phi) is 5.58. The third-order valence-electron chi connectivity index (χ3n) is 3.87. The lowest BCUT2D eigenvalue weighted by Gasteiger charge is -2.21. The summed E-state index contributed by atoms with van der Waals surface area (Å²) in [5.41, 5.74) is 0.855. The summed E-state index contributed by atoms with van der Waals surface area (Å²) in [7, 11) is 1.78. The number of allylic oxidation sites excluding steroid dienone is 1. The quantitative estimate of drug-likeness (QED) is 0.468. The van der Waals surface area contributed by atoms with Gasteiger partial charge < -0.3 is 9.32 Å². The largest absolute Gasteiger partial charge is 0.461 e. The first-order valence-corrected chi connectivity index (χ1v) is 9.07. The highest BCUT2D eigenvalue weighted by molar-refractivity contribution is 8.00. The van der Waals surface area contributed by atoms with Crippen molar-refractivity contribution in [1.82, 2.24) is 14.8 Å². The number of para-hydroxylation sites is 1. The van der Waals surface area contributed by atoms with Crippen LogP contribution in [0.15, 0.2) is 71.0 Å². The van der Waals surface area contributed by atoms with Crippen LogP contribution in [0.25, 0.3) is 11.6 Å². The maximum absolute atomic E-state index is 12.8. The fourth-order valence-corrected chi connectivity index (χ4v) is 3.47. The van der Waals surface area contributed by atoms with Crippen LogP contribution in [0, 0.1) is 0 Å². The van der Waals surface area contributed by atoms with E-state index in [1.165, 1.54) is 11.8 Å². The number of anilines is 1.